The highest BCUT2D eigenvalue weighted by Gasteiger charge is 2.37. The van der Waals surface area contributed by atoms with Crippen LogP contribution in [0.2, 0.25) is 0 Å². The molecule has 1 aliphatic carbocycles. The summed E-state index contributed by atoms with van der Waals surface area (Å²) >= 11 is 0. The summed E-state index contributed by atoms with van der Waals surface area (Å²) in [5, 5.41) is 0. The van der Waals surface area contributed by atoms with Crippen LogP contribution in [0.4, 0.5) is 0 Å². The van der Waals surface area contributed by atoms with E-state index in [1.165, 1.54) is 38.5 Å². The predicted octanol–water partition coefficient (Wildman–Crippen LogP) is 5.51. The minimum Gasteiger partial charge on any atom is -0.382 e. The Balaban J connectivity index is 2.60. The van der Waals surface area contributed by atoms with Gasteiger partial charge in [-0.15, -0.1) is 0 Å². The molecule has 1 fully saturated rings. The second-order valence-electron chi connectivity index (χ2n) is 8.54. The molecular weight excluding hydrogens is 270 g/mol. The Morgan fingerprint density at radius 1 is 1.05 bits per heavy atom. The van der Waals surface area contributed by atoms with Crippen LogP contribution < -0.4 is 0 Å². The first kappa shape index (κ1) is 20.0. The minimum atomic E-state index is 0.214. The van der Waals surface area contributed by atoms with Crippen LogP contribution in [0.3, 0.4) is 0 Å². The number of methoxy groups -OCH3 is 1. The fraction of sp³-hybridized carbons (Fsp3) is 1.00. The van der Waals surface area contributed by atoms with E-state index in [9.17, 15) is 0 Å². The van der Waals surface area contributed by atoms with Gasteiger partial charge in [0.1, 0.15) is 0 Å². The van der Waals surface area contributed by atoms with Gasteiger partial charge in [0.05, 0.1) is 6.10 Å². The van der Waals surface area contributed by atoms with Gasteiger partial charge in [0.15, 0.2) is 0 Å². The van der Waals surface area contributed by atoms with Crippen molar-refractivity contribution in [2.45, 2.75) is 104 Å². The molecule has 1 atom stereocenters. The first-order valence-electron chi connectivity index (χ1n) is 9.46. The highest BCUT2D eigenvalue weighted by atomic mass is 16.5. The molecule has 1 aliphatic rings. The van der Waals surface area contributed by atoms with Crippen molar-refractivity contribution in [3.63, 3.8) is 0 Å². The van der Waals surface area contributed by atoms with E-state index < -0.39 is 0 Å². The van der Waals surface area contributed by atoms with Gasteiger partial charge >= 0.3 is 0 Å². The SMILES string of the molecule is CCC(C)(CC)C1CCC(N(C)C(C)(C)CC(C)OC)CC1. The first-order chi connectivity index (χ1) is 10.2. The van der Waals surface area contributed by atoms with Gasteiger partial charge in [-0.3, -0.25) is 4.90 Å². The summed E-state index contributed by atoms with van der Waals surface area (Å²) in [6, 6.07) is 0.744. The van der Waals surface area contributed by atoms with Gasteiger partial charge < -0.3 is 4.74 Å². The molecule has 0 saturated heterocycles. The second-order valence-corrected chi connectivity index (χ2v) is 8.54. The maximum Gasteiger partial charge on any atom is 0.0560 e. The molecule has 0 aliphatic heterocycles. The predicted molar refractivity (Wildman–Crippen MR) is 97.4 cm³/mol. The molecule has 132 valence electrons. The normalized spacial score (nSPS) is 25.5. The highest BCUT2D eigenvalue weighted by molar-refractivity contribution is 4.91. The lowest BCUT2D eigenvalue weighted by Crippen LogP contribution is -2.50. The molecule has 0 aromatic carbocycles. The van der Waals surface area contributed by atoms with Crippen LogP contribution >= 0.6 is 0 Å². The standard InChI is InChI=1S/C20H41NO/c1-9-20(6,10-2)17-11-13-18(14-12-17)21(7)19(4,5)15-16(3)22-8/h16-18H,9-15H2,1-8H3. The lowest BCUT2D eigenvalue weighted by molar-refractivity contribution is 0.00398. The van der Waals surface area contributed by atoms with Gasteiger partial charge in [-0.25, -0.2) is 0 Å². The molecule has 0 bridgehead atoms. The number of hydrogen-bond donors (Lipinski definition) is 0. The number of nitrogens with zero attached hydrogens (tertiary/aromatic N) is 1. The van der Waals surface area contributed by atoms with Gasteiger partial charge in [-0.1, -0.05) is 33.6 Å². The van der Waals surface area contributed by atoms with Crippen molar-refractivity contribution in [1.29, 1.82) is 0 Å². The molecule has 1 unspecified atom stereocenters. The average Bonchev–Trinajstić information content (AvgIpc) is 2.53. The molecule has 0 radical (unpaired) electrons. The molecular formula is C20H41NO. The summed E-state index contributed by atoms with van der Waals surface area (Å²) < 4.78 is 5.49. The van der Waals surface area contributed by atoms with Gasteiger partial charge in [0, 0.05) is 18.7 Å². The largest absolute Gasteiger partial charge is 0.382 e. The zero-order chi connectivity index (χ0) is 17.0. The fourth-order valence-electron chi connectivity index (χ4n) is 4.41. The summed E-state index contributed by atoms with van der Waals surface area (Å²) in [5.74, 6) is 0.924. The number of rotatable bonds is 8. The van der Waals surface area contributed by atoms with E-state index in [0.29, 0.717) is 11.5 Å². The van der Waals surface area contributed by atoms with Crippen molar-refractivity contribution in [2.24, 2.45) is 11.3 Å². The van der Waals surface area contributed by atoms with Crippen molar-refractivity contribution in [3.8, 4) is 0 Å². The lowest BCUT2D eigenvalue weighted by Gasteiger charge is -2.47. The Kier molecular flexibility index (Phi) is 7.39. The van der Waals surface area contributed by atoms with Crippen LogP contribution in [0.1, 0.15) is 86.5 Å². The zero-order valence-corrected chi connectivity index (χ0v) is 16.5. The topological polar surface area (TPSA) is 12.5 Å². The molecule has 0 N–H and O–H groups in total. The molecule has 0 heterocycles. The van der Waals surface area contributed by atoms with Gasteiger partial charge in [-0.05, 0) is 71.3 Å². The molecule has 2 nitrogen and oxygen atoms in total. The maximum absolute atomic E-state index is 5.49. The number of ether oxygens (including phenoxy) is 1. The van der Waals surface area contributed by atoms with Crippen molar-refractivity contribution in [2.75, 3.05) is 14.2 Å². The summed E-state index contributed by atoms with van der Waals surface area (Å²) in [6.45, 7) is 14.2. The Bertz CT molecular complexity index is 314. The van der Waals surface area contributed by atoms with Crippen molar-refractivity contribution < 1.29 is 4.74 Å². The quantitative estimate of drug-likeness (QED) is 0.586. The van der Waals surface area contributed by atoms with E-state index in [-0.39, 0.29) is 5.54 Å². The van der Waals surface area contributed by atoms with E-state index in [0.717, 1.165) is 18.4 Å². The van der Waals surface area contributed by atoms with E-state index in [4.69, 9.17) is 4.74 Å². The van der Waals surface area contributed by atoms with Crippen molar-refractivity contribution in [3.05, 3.63) is 0 Å². The van der Waals surface area contributed by atoms with Gasteiger partial charge in [-0.2, -0.15) is 0 Å². The van der Waals surface area contributed by atoms with Crippen LogP contribution in [-0.2, 0) is 4.74 Å². The molecule has 0 amide bonds. The highest BCUT2D eigenvalue weighted by Crippen LogP contribution is 2.44. The maximum atomic E-state index is 5.49. The monoisotopic (exact) mass is 311 g/mol. The second kappa shape index (κ2) is 8.15. The van der Waals surface area contributed by atoms with Crippen LogP contribution in [-0.4, -0.2) is 36.7 Å². The van der Waals surface area contributed by atoms with E-state index in [1.54, 1.807) is 0 Å². The molecule has 0 aromatic rings. The molecule has 22 heavy (non-hydrogen) atoms. The molecule has 1 rings (SSSR count). The van der Waals surface area contributed by atoms with E-state index >= 15 is 0 Å². The third-order valence-electron chi connectivity index (χ3n) is 6.99. The number of hydrogen-bond acceptors (Lipinski definition) is 2. The summed E-state index contributed by atoms with van der Waals surface area (Å²) in [5.41, 5.74) is 0.773. The van der Waals surface area contributed by atoms with Crippen LogP contribution in [0.5, 0.6) is 0 Å². The Labute approximate surface area is 140 Å². The molecule has 0 aromatic heterocycles. The summed E-state index contributed by atoms with van der Waals surface area (Å²) in [6.07, 6.45) is 9.62. The van der Waals surface area contributed by atoms with E-state index in [1.807, 2.05) is 7.11 Å². The van der Waals surface area contributed by atoms with Crippen molar-refractivity contribution >= 4 is 0 Å². The third kappa shape index (κ3) is 4.71. The zero-order valence-electron chi connectivity index (χ0n) is 16.5. The van der Waals surface area contributed by atoms with Crippen LogP contribution in [0, 0.1) is 11.3 Å². The van der Waals surface area contributed by atoms with Crippen LogP contribution in [0.25, 0.3) is 0 Å². The lowest BCUT2D eigenvalue weighted by atomic mass is 9.66. The minimum absolute atomic E-state index is 0.214. The Morgan fingerprint density at radius 2 is 1.55 bits per heavy atom. The average molecular weight is 312 g/mol. The Hall–Kier alpha value is -0.0800. The first-order valence-corrected chi connectivity index (χ1v) is 9.46. The van der Waals surface area contributed by atoms with Crippen LogP contribution in [0.15, 0.2) is 0 Å². The van der Waals surface area contributed by atoms with E-state index in [2.05, 4.69) is 53.5 Å². The molecule has 1 saturated carbocycles. The summed E-state index contributed by atoms with van der Waals surface area (Å²) in [4.78, 5) is 2.63. The molecule has 2 heteroatoms. The van der Waals surface area contributed by atoms with Crippen molar-refractivity contribution in [1.82, 2.24) is 4.90 Å². The smallest absolute Gasteiger partial charge is 0.0560 e. The van der Waals surface area contributed by atoms with Gasteiger partial charge in [0.25, 0.3) is 0 Å². The molecule has 0 spiro atoms. The summed E-state index contributed by atoms with van der Waals surface area (Å²) in [7, 11) is 4.15. The van der Waals surface area contributed by atoms with Gasteiger partial charge in [0.2, 0.25) is 0 Å². The Morgan fingerprint density at radius 3 is 1.95 bits per heavy atom. The fourth-order valence-corrected chi connectivity index (χ4v) is 4.41. The third-order valence-corrected chi connectivity index (χ3v) is 6.99.